The van der Waals surface area contributed by atoms with E-state index in [1.165, 1.54) is 17.0 Å². The number of nitrogens with zero attached hydrogens (tertiary/aromatic N) is 4. The molecule has 0 atom stereocenters. The van der Waals surface area contributed by atoms with E-state index in [-0.39, 0.29) is 25.7 Å². The second kappa shape index (κ2) is 13.9. The van der Waals surface area contributed by atoms with Crippen molar-refractivity contribution >= 4 is 54.5 Å². The topological polar surface area (TPSA) is 56.7 Å². The number of rotatable bonds is 3. The van der Waals surface area contributed by atoms with E-state index >= 15 is 0 Å². The Hall–Kier alpha value is -5.94. The molecule has 0 aliphatic carbocycles. The fourth-order valence-corrected chi connectivity index (χ4v) is 7.13. The summed E-state index contributed by atoms with van der Waals surface area (Å²) in [6.45, 7) is 4.12. The summed E-state index contributed by atoms with van der Waals surface area (Å²) in [6, 6.07) is 49.0. The van der Waals surface area contributed by atoms with Gasteiger partial charge in [0.15, 0.2) is 0 Å². The van der Waals surface area contributed by atoms with Crippen molar-refractivity contribution in [3.63, 3.8) is 0 Å². The molecule has 4 aromatic heterocycles. The molecule has 0 saturated heterocycles. The molecule has 5 nitrogen and oxygen atoms in total. The molecule has 4 heterocycles. The van der Waals surface area contributed by atoms with Crippen LogP contribution in [0.15, 0.2) is 138 Å². The molecule has 53 heavy (non-hydrogen) atoms. The SMILES string of the molecule is Cc1nc(C)c2nc(-c3[c-]ccc4c3oc3c4ccc4ccc5ccccc5c43)n(-c3ccccc3)c2c1C.[2H]C([2H])([2H])c1ccc(-c2[c-]cccc2)nc1.[Ir]. The molecular weight excluding hydrogens is 829 g/mol. The molecule has 0 spiro atoms. The molecule has 0 amide bonds. The minimum Gasteiger partial charge on any atom is -0.500 e. The van der Waals surface area contributed by atoms with E-state index in [1.54, 1.807) is 18.2 Å². The standard InChI is InChI=1S/C35H24N3O.C12H10N.Ir/c1-20-21(2)36-22(3)31-32(20)38(25-11-5-4-6-12-25)35(37-31)29-15-9-14-27-28-19-18-24-17-16-23-10-7-8-13-26(23)30(24)34(28)39-33(27)29;1-10-7-8-12(13-9-10)11-5-3-2-4-6-11;/h4-14,16-19H,1-3H3;2-5,7-9H,1H3;/q2*-1;/i;1D3;. The number of benzene rings is 6. The van der Waals surface area contributed by atoms with Crippen molar-refractivity contribution in [1.82, 2.24) is 19.5 Å². The van der Waals surface area contributed by atoms with Crippen LogP contribution in [0, 0.1) is 39.8 Å². The first kappa shape index (κ1) is 30.7. The van der Waals surface area contributed by atoms with Gasteiger partial charge in [0.1, 0.15) is 5.58 Å². The first-order valence-corrected chi connectivity index (χ1v) is 17.2. The van der Waals surface area contributed by atoms with Gasteiger partial charge in [0.2, 0.25) is 0 Å². The molecule has 0 aliphatic rings. The molecule has 0 bridgehead atoms. The molecule has 10 rings (SSSR count). The smallest absolute Gasteiger partial charge is 0.129 e. The fourth-order valence-electron chi connectivity index (χ4n) is 7.13. The third kappa shape index (κ3) is 5.90. The van der Waals surface area contributed by atoms with Gasteiger partial charge in [0.25, 0.3) is 0 Å². The predicted molar refractivity (Wildman–Crippen MR) is 213 cm³/mol. The Balaban J connectivity index is 0.000000219. The molecule has 0 fully saturated rings. The molecule has 0 unspecified atom stereocenters. The van der Waals surface area contributed by atoms with Crippen LogP contribution in [0.4, 0.5) is 0 Å². The van der Waals surface area contributed by atoms with Gasteiger partial charge in [-0.15, -0.1) is 54.1 Å². The van der Waals surface area contributed by atoms with Crippen molar-refractivity contribution in [1.29, 1.82) is 0 Å². The Kier molecular flexibility index (Phi) is 8.03. The first-order chi connectivity index (χ1) is 26.7. The minimum atomic E-state index is -2.09. The molecule has 0 saturated carbocycles. The number of aryl methyl sites for hydroxylation is 4. The zero-order chi connectivity index (χ0) is 37.8. The van der Waals surface area contributed by atoms with Crippen molar-refractivity contribution in [3.8, 4) is 28.3 Å². The molecule has 1 radical (unpaired) electrons. The van der Waals surface area contributed by atoms with Crippen LogP contribution in [0.25, 0.3) is 82.8 Å². The second-order valence-electron chi connectivity index (χ2n) is 12.9. The maximum Gasteiger partial charge on any atom is 0.129 e. The van der Waals surface area contributed by atoms with E-state index in [2.05, 4.69) is 114 Å². The summed E-state index contributed by atoms with van der Waals surface area (Å²) in [5.74, 6) is 0.800. The van der Waals surface area contributed by atoms with E-state index in [1.807, 2.05) is 37.3 Å². The van der Waals surface area contributed by atoms with Crippen LogP contribution in [0.5, 0.6) is 0 Å². The largest absolute Gasteiger partial charge is 0.500 e. The Bertz CT molecular complexity index is 3050. The molecule has 259 valence electrons. The summed E-state index contributed by atoms with van der Waals surface area (Å²) in [7, 11) is 0. The van der Waals surface area contributed by atoms with Crippen LogP contribution in [0.1, 0.15) is 26.6 Å². The van der Waals surface area contributed by atoms with E-state index in [4.69, 9.17) is 18.5 Å². The van der Waals surface area contributed by atoms with Gasteiger partial charge in [0, 0.05) is 52.6 Å². The van der Waals surface area contributed by atoms with Crippen molar-refractivity contribution < 1.29 is 28.6 Å². The number of aromatic nitrogens is 4. The van der Waals surface area contributed by atoms with Crippen LogP contribution >= 0.6 is 0 Å². The Labute approximate surface area is 325 Å². The van der Waals surface area contributed by atoms with Crippen LogP contribution in [0.3, 0.4) is 0 Å². The zero-order valence-electron chi connectivity index (χ0n) is 32.2. The van der Waals surface area contributed by atoms with E-state index in [0.29, 0.717) is 0 Å². The average Bonchev–Trinajstić information content (AvgIpc) is 3.81. The van der Waals surface area contributed by atoms with Crippen molar-refractivity contribution in [2.45, 2.75) is 27.6 Å². The van der Waals surface area contributed by atoms with Gasteiger partial charge in [-0.05, 0) is 72.7 Å². The summed E-state index contributed by atoms with van der Waals surface area (Å²) < 4.78 is 30.8. The maximum atomic E-state index is 7.23. The van der Waals surface area contributed by atoms with Crippen molar-refractivity contribution in [2.24, 2.45) is 0 Å². The third-order valence-electron chi connectivity index (χ3n) is 9.75. The Morgan fingerprint density at radius 2 is 1.43 bits per heavy atom. The monoisotopic (exact) mass is 866 g/mol. The number of pyridine rings is 2. The van der Waals surface area contributed by atoms with E-state index in [9.17, 15) is 0 Å². The molecule has 0 aliphatic heterocycles. The van der Waals surface area contributed by atoms with Gasteiger partial charge < -0.3 is 14.0 Å². The quantitative estimate of drug-likeness (QED) is 0.131. The van der Waals surface area contributed by atoms with E-state index < -0.39 is 6.85 Å². The van der Waals surface area contributed by atoms with Crippen LogP contribution in [0.2, 0.25) is 0 Å². The Morgan fingerprint density at radius 1 is 0.660 bits per heavy atom. The summed E-state index contributed by atoms with van der Waals surface area (Å²) in [5.41, 5.74) is 10.4. The summed E-state index contributed by atoms with van der Waals surface area (Å²) in [6.07, 6.45) is 1.39. The van der Waals surface area contributed by atoms with Gasteiger partial charge in [-0.25, -0.2) is 0 Å². The normalized spacial score (nSPS) is 12.3. The number of hydrogen-bond acceptors (Lipinski definition) is 4. The van der Waals surface area contributed by atoms with Gasteiger partial charge in [0.05, 0.1) is 28.1 Å². The maximum absolute atomic E-state index is 7.23. The van der Waals surface area contributed by atoms with Crippen LogP contribution < -0.4 is 0 Å². The van der Waals surface area contributed by atoms with Crippen LogP contribution in [-0.2, 0) is 20.1 Å². The van der Waals surface area contributed by atoms with E-state index in [0.717, 1.165) is 89.0 Å². The van der Waals surface area contributed by atoms with Gasteiger partial charge in [-0.1, -0.05) is 89.8 Å². The van der Waals surface area contributed by atoms with Gasteiger partial charge >= 0.3 is 0 Å². The fraction of sp³-hybridized carbons (Fsp3) is 0.0851. The van der Waals surface area contributed by atoms with Crippen molar-refractivity contribution in [3.05, 3.63) is 168 Å². The average molecular weight is 866 g/mol. The third-order valence-corrected chi connectivity index (χ3v) is 9.75. The molecule has 6 heteroatoms. The van der Waals surface area contributed by atoms with Crippen LogP contribution in [-0.4, -0.2) is 19.5 Å². The van der Waals surface area contributed by atoms with Gasteiger partial charge in [-0.2, -0.15) is 0 Å². The summed E-state index contributed by atoms with van der Waals surface area (Å²) in [5, 5.41) is 6.84. The zero-order valence-corrected chi connectivity index (χ0v) is 31.6. The summed E-state index contributed by atoms with van der Waals surface area (Å²) in [4.78, 5) is 14.1. The number of para-hydroxylation sites is 1. The van der Waals surface area contributed by atoms with Gasteiger partial charge in [-0.3, -0.25) is 9.97 Å². The summed E-state index contributed by atoms with van der Waals surface area (Å²) >= 11 is 0. The minimum absolute atomic E-state index is 0. The molecule has 6 aromatic carbocycles. The second-order valence-corrected chi connectivity index (χ2v) is 12.9. The predicted octanol–water partition coefficient (Wildman–Crippen LogP) is 11.9. The van der Waals surface area contributed by atoms with Crippen molar-refractivity contribution in [2.75, 3.05) is 0 Å². The molecule has 0 N–H and O–H groups in total. The molecule has 10 aromatic rings. The molecular formula is C47H34IrN4O-2. The first-order valence-electron chi connectivity index (χ1n) is 18.7. The number of furan rings is 1. The Morgan fingerprint density at radius 3 is 2.23 bits per heavy atom. The number of imidazole rings is 1. The number of fused-ring (bicyclic) bond motifs is 8. The number of hydrogen-bond donors (Lipinski definition) is 0.